The molecule has 0 aromatic rings. The smallest absolute Gasteiger partial charge is 0.236 e. The number of rotatable bonds is 4. The predicted octanol–water partition coefficient (Wildman–Crippen LogP) is 2.19. The largest absolute Gasteiger partial charge is 0.338 e. The van der Waals surface area contributed by atoms with Crippen LogP contribution in [-0.2, 0) is 4.79 Å². The van der Waals surface area contributed by atoms with Gasteiger partial charge in [-0.05, 0) is 24.8 Å². The van der Waals surface area contributed by atoms with Crippen molar-refractivity contribution in [2.24, 2.45) is 5.41 Å². The SMILES string of the molecule is CCCNCC(=O)N1CC=C(C(C)(C)C)CC1. The molecule has 17 heavy (non-hydrogen) atoms. The average molecular weight is 238 g/mol. The van der Waals surface area contributed by atoms with Crippen molar-refractivity contribution in [1.82, 2.24) is 10.2 Å². The van der Waals surface area contributed by atoms with E-state index in [4.69, 9.17) is 0 Å². The summed E-state index contributed by atoms with van der Waals surface area (Å²) in [6.45, 7) is 11.9. The summed E-state index contributed by atoms with van der Waals surface area (Å²) < 4.78 is 0. The van der Waals surface area contributed by atoms with Crippen LogP contribution in [0.1, 0.15) is 40.5 Å². The van der Waals surface area contributed by atoms with E-state index in [-0.39, 0.29) is 11.3 Å². The molecule has 0 bridgehead atoms. The molecule has 0 saturated carbocycles. The van der Waals surface area contributed by atoms with Gasteiger partial charge in [0.25, 0.3) is 0 Å². The van der Waals surface area contributed by atoms with Crippen molar-refractivity contribution >= 4 is 5.91 Å². The van der Waals surface area contributed by atoms with E-state index in [0.29, 0.717) is 6.54 Å². The van der Waals surface area contributed by atoms with E-state index in [1.54, 1.807) is 0 Å². The van der Waals surface area contributed by atoms with Crippen LogP contribution in [0, 0.1) is 5.41 Å². The van der Waals surface area contributed by atoms with Gasteiger partial charge in [-0.1, -0.05) is 39.3 Å². The van der Waals surface area contributed by atoms with E-state index < -0.39 is 0 Å². The highest BCUT2D eigenvalue weighted by molar-refractivity contribution is 5.78. The first-order valence-corrected chi connectivity index (χ1v) is 6.63. The van der Waals surface area contributed by atoms with Gasteiger partial charge in [0.1, 0.15) is 0 Å². The highest BCUT2D eigenvalue weighted by Crippen LogP contribution is 2.29. The molecular formula is C14H26N2O. The Hall–Kier alpha value is -0.830. The summed E-state index contributed by atoms with van der Waals surface area (Å²) in [6.07, 6.45) is 4.31. The molecule has 0 atom stereocenters. The zero-order chi connectivity index (χ0) is 12.9. The van der Waals surface area contributed by atoms with Crippen LogP contribution in [0.15, 0.2) is 11.6 Å². The van der Waals surface area contributed by atoms with Gasteiger partial charge in [-0.3, -0.25) is 4.79 Å². The average Bonchev–Trinajstić information content (AvgIpc) is 2.28. The molecule has 0 aliphatic carbocycles. The molecule has 0 saturated heterocycles. The van der Waals surface area contributed by atoms with Crippen molar-refractivity contribution in [2.45, 2.75) is 40.5 Å². The van der Waals surface area contributed by atoms with E-state index in [1.165, 1.54) is 5.57 Å². The van der Waals surface area contributed by atoms with Gasteiger partial charge in [0.2, 0.25) is 5.91 Å². The maximum Gasteiger partial charge on any atom is 0.236 e. The van der Waals surface area contributed by atoms with Crippen LogP contribution < -0.4 is 5.32 Å². The molecule has 1 amide bonds. The van der Waals surface area contributed by atoms with Gasteiger partial charge >= 0.3 is 0 Å². The number of amides is 1. The number of carbonyl (C=O) groups excluding carboxylic acids is 1. The topological polar surface area (TPSA) is 32.3 Å². The number of carbonyl (C=O) groups is 1. The van der Waals surface area contributed by atoms with Crippen molar-refractivity contribution in [1.29, 1.82) is 0 Å². The second-order valence-electron chi connectivity index (χ2n) is 5.75. The highest BCUT2D eigenvalue weighted by atomic mass is 16.2. The summed E-state index contributed by atoms with van der Waals surface area (Å²) in [6, 6.07) is 0. The maximum atomic E-state index is 11.9. The highest BCUT2D eigenvalue weighted by Gasteiger charge is 2.23. The monoisotopic (exact) mass is 238 g/mol. The molecule has 0 aromatic carbocycles. The van der Waals surface area contributed by atoms with E-state index in [0.717, 1.165) is 32.5 Å². The normalized spacial score (nSPS) is 16.9. The van der Waals surface area contributed by atoms with Crippen LogP contribution in [0.4, 0.5) is 0 Å². The van der Waals surface area contributed by atoms with Crippen LogP contribution >= 0.6 is 0 Å². The molecule has 0 radical (unpaired) electrons. The Kier molecular flexibility index (Phi) is 5.19. The Bertz CT molecular complexity index is 289. The summed E-state index contributed by atoms with van der Waals surface area (Å²) >= 11 is 0. The fourth-order valence-corrected chi connectivity index (χ4v) is 2.06. The molecule has 3 heteroatoms. The van der Waals surface area contributed by atoms with Gasteiger partial charge in [-0.25, -0.2) is 0 Å². The van der Waals surface area contributed by atoms with Crippen molar-refractivity contribution in [3.05, 3.63) is 11.6 Å². The molecule has 1 heterocycles. The number of nitrogens with zero attached hydrogens (tertiary/aromatic N) is 1. The Labute approximate surface area is 105 Å². The molecule has 1 aliphatic heterocycles. The summed E-state index contributed by atoms with van der Waals surface area (Å²) in [7, 11) is 0. The summed E-state index contributed by atoms with van der Waals surface area (Å²) in [5, 5.41) is 3.16. The van der Waals surface area contributed by atoms with E-state index in [2.05, 4.69) is 39.1 Å². The molecule has 1 rings (SSSR count). The van der Waals surface area contributed by atoms with Crippen molar-refractivity contribution in [2.75, 3.05) is 26.2 Å². The van der Waals surface area contributed by atoms with Crippen molar-refractivity contribution < 1.29 is 4.79 Å². The van der Waals surface area contributed by atoms with E-state index in [1.807, 2.05) is 4.90 Å². The van der Waals surface area contributed by atoms with Gasteiger partial charge in [-0.2, -0.15) is 0 Å². The zero-order valence-corrected chi connectivity index (χ0v) is 11.7. The lowest BCUT2D eigenvalue weighted by Gasteiger charge is -2.32. The summed E-state index contributed by atoms with van der Waals surface area (Å²) in [5.74, 6) is 0.225. The quantitative estimate of drug-likeness (QED) is 0.601. The Balaban J connectivity index is 2.41. The van der Waals surface area contributed by atoms with E-state index >= 15 is 0 Å². The Morgan fingerprint density at radius 1 is 1.47 bits per heavy atom. The molecule has 3 nitrogen and oxygen atoms in total. The molecule has 1 N–H and O–H groups in total. The molecular weight excluding hydrogens is 212 g/mol. The minimum Gasteiger partial charge on any atom is -0.338 e. The third kappa shape index (κ3) is 4.50. The van der Waals surface area contributed by atoms with Crippen molar-refractivity contribution in [3.8, 4) is 0 Å². The number of hydrogen-bond donors (Lipinski definition) is 1. The van der Waals surface area contributed by atoms with Crippen LogP contribution in [-0.4, -0.2) is 37.0 Å². The molecule has 0 aromatic heterocycles. The molecule has 0 unspecified atom stereocenters. The first-order valence-electron chi connectivity index (χ1n) is 6.63. The summed E-state index contributed by atoms with van der Waals surface area (Å²) in [5.41, 5.74) is 1.72. The second kappa shape index (κ2) is 6.20. The summed E-state index contributed by atoms with van der Waals surface area (Å²) in [4.78, 5) is 13.8. The van der Waals surface area contributed by atoms with Gasteiger partial charge in [0.05, 0.1) is 6.54 Å². The minimum absolute atomic E-state index is 0.225. The Morgan fingerprint density at radius 3 is 2.65 bits per heavy atom. The Morgan fingerprint density at radius 2 is 2.18 bits per heavy atom. The van der Waals surface area contributed by atoms with Crippen molar-refractivity contribution in [3.63, 3.8) is 0 Å². The van der Waals surface area contributed by atoms with Crippen LogP contribution in [0.2, 0.25) is 0 Å². The third-order valence-corrected chi connectivity index (χ3v) is 3.23. The van der Waals surface area contributed by atoms with Crippen LogP contribution in [0.25, 0.3) is 0 Å². The van der Waals surface area contributed by atoms with E-state index in [9.17, 15) is 4.79 Å². The van der Waals surface area contributed by atoms with Crippen LogP contribution in [0.3, 0.4) is 0 Å². The fourth-order valence-electron chi connectivity index (χ4n) is 2.06. The standard InChI is InChI=1S/C14H26N2O/c1-5-8-15-11-13(17)16-9-6-12(7-10-16)14(2,3)4/h6,15H,5,7-11H2,1-4H3. The molecule has 98 valence electrons. The van der Waals surface area contributed by atoms with Gasteiger partial charge in [0.15, 0.2) is 0 Å². The number of nitrogens with one attached hydrogen (secondary N) is 1. The van der Waals surface area contributed by atoms with Gasteiger partial charge in [0, 0.05) is 13.1 Å². The number of hydrogen-bond acceptors (Lipinski definition) is 2. The first kappa shape index (κ1) is 14.2. The molecule has 1 aliphatic rings. The lowest BCUT2D eigenvalue weighted by Crippen LogP contribution is -2.41. The maximum absolute atomic E-state index is 11.9. The fraction of sp³-hybridized carbons (Fsp3) is 0.786. The first-order chi connectivity index (χ1) is 7.95. The minimum atomic E-state index is 0.225. The molecule has 0 spiro atoms. The predicted molar refractivity (Wildman–Crippen MR) is 71.9 cm³/mol. The zero-order valence-electron chi connectivity index (χ0n) is 11.7. The van der Waals surface area contributed by atoms with Crippen LogP contribution in [0.5, 0.6) is 0 Å². The lowest BCUT2D eigenvalue weighted by molar-refractivity contribution is -0.129. The van der Waals surface area contributed by atoms with Gasteiger partial charge < -0.3 is 10.2 Å². The lowest BCUT2D eigenvalue weighted by atomic mass is 9.83. The third-order valence-electron chi connectivity index (χ3n) is 3.23. The molecule has 0 fully saturated rings. The second-order valence-corrected chi connectivity index (χ2v) is 5.75. The van der Waals surface area contributed by atoms with Gasteiger partial charge in [-0.15, -0.1) is 0 Å².